The number of carbonyl (C=O) groups excluding carboxylic acids is 1. The first-order chi connectivity index (χ1) is 9.19. The number of thiophene rings is 1. The number of benzene rings is 1. The lowest BCUT2D eigenvalue weighted by Crippen LogP contribution is -2.01. The standard InChI is InChI=1S/C13H9ClN2O2S/c1-18-13(17)7-3-2-4-8-11(7)16-12(15-8)9-5-6-10(14)19-9/h2-6H,1H3,(H,15,16). The predicted octanol–water partition coefficient (Wildman–Crippen LogP) is 3.73. The van der Waals surface area contributed by atoms with E-state index in [4.69, 9.17) is 16.3 Å². The summed E-state index contributed by atoms with van der Waals surface area (Å²) in [5, 5.41) is 0. The Balaban J connectivity index is 2.18. The van der Waals surface area contributed by atoms with Gasteiger partial charge < -0.3 is 9.72 Å². The van der Waals surface area contributed by atoms with Gasteiger partial charge in [0.1, 0.15) is 11.3 Å². The van der Waals surface area contributed by atoms with Gasteiger partial charge in [-0.15, -0.1) is 11.3 Å². The molecule has 0 radical (unpaired) electrons. The van der Waals surface area contributed by atoms with E-state index in [9.17, 15) is 4.79 Å². The molecule has 0 amide bonds. The van der Waals surface area contributed by atoms with E-state index < -0.39 is 5.97 Å². The van der Waals surface area contributed by atoms with Gasteiger partial charge in [-0.3, -0.25) is 0 Å². The number of para-hydroxylation sites is 1. The lowest BCUT2D eigenvalue weighted by atomic mass is 10.2. The number of rotatable bonds is 2. The Labute approximate surface area is 118 Å². The van der Waals surface area contributed by atoms with Gasteiger partial charge in [0, 0.05) is 0 Å². The van der Waals surface area contributed by atoms with Crippen LogP contribution in [-0.2, 0) is 4.74 Å². The molecule has 1 N–H and O–H groups in total. The Morgan fingerprint density at radius 3 is 2.89 bits per heavy atom. The number of halogens is 1. The van der Waals surface area contributed by atoms with Crippen LogP contribution in [0.1, 0.15) is 10.4 Å². The van der Waals surface area contributed by atoms with Crippen LogP contribution < -0.4 is 0 Å². The number of imidazole rings is 1. The predicted molar refractivity (Wildman–Crippen MR) is 75.8 cm³/mol. The first-order valence-electron chi connectivity index (χ1n) is 5.52. The molecule has 2 heterocycles. The van der Waals surface area contributed by atoms with Crippen LogP contribution in [0.3, 0.4) is 0 Å². The van der Waals surface area contributed by atoms with Crippen molar-refractivity contribution in [3.8, 4) is 10.7 Å². The number of aromatic amines is 1. The van der Waals surface area contributed by atoms with Crippen LogP contribution in [0.25, 0.3) is 21.7 Å². The number of H-pyrrole nitrogens is 1. The zero-order valence-electron chi connectivity index (χ0n) is 9.94. The van der Waals surface area contributed by atoms with Gasteiger partial charge in [0.15, 0.2) is 0 Å². The molecule has 0 saturated heterocycles. The molecule has 0 bridgehead atoms. The molecule has 2 aromatic heterocycles. The highest BCUT2D eigenvalue weighted by molar-refractivity contribution is 7.19. The van der Waals surface area contributed by atoms with E-state index in [1.54, 1.807) is 12.1 Å². The number of aromatic nitrogens is 2. The molecule has 0 unspecified atom stereocenters. The van der Waals surface area contributed by atoms with E-state index in [-0.39, 0.29) is 0 Å². The van der Waals surface area contributed by atoms with E-state index in [1.165, 1.54) is 18.4 Å². The fourth-order valence-electron chi connectivity index (χ4n) is 1.87. The van der Waals surface area contributed by atoms with Crippen molar-refractivity contribution < 1.29 is 9.53 Å². The van der Waals surface area contributed by atoms with Gasteiger partial charge in [-0.1, -0.05) is 17.7 Å². The van der Waals surface area contributed by atoms with E-state index in [0.717, 1.165) is 10.4 Å². The summed E-state index contributed by atoms with van der Waals surface area (Å²) in [5.74, 6) is 0.302. The molecule has 0 fully saturated rings. The van der Waals surface area contributed by atoms with Crippen molar-refractivity contribution in [3.63, 3.8) is 0 Å². The smallest absolute Gasteiger partial charge is 0.340 e. The SMILES string of the molecule is COC(=O)c1cccc2[nH]c(-c3ccc(Cl)s3)nc12. The summed E-state index contributed by atoms with van der Waals surface area (Å²) in [6.07, 6.45) is 0. The summed E-state index contributed by atoms with van der Waals surface area (Å²) in [7, 11) is 1.35. The summed E-state index contributed by atoms with van der Waals surface area (Å²) in [5.41, 5.74) is 1.85. The quantitative estimate of drug-likeness (QED) is 0.732. The second kappa shape index (κ2) is 4.68. The third-order valence-electron chi connectivity index (χ3n) is 2.72. The van der Waals surface area contributed by atoms with Crippen molar-refractivity contribution in [2.75, 3.05) is 7.11 Å². The van der Waals surface area contributed by atoms with Crippen LogP contribution in [0.4, 0.5) is 0 Å². The topological polar surface area (TPSA) is 55.0 Å². The van der Waals surface area contributed by atoms with Crippen LogP contribution in [-0.4, -0.2) is 23.0 Å². The summed E-state index contributed by atoms with van der Waals surface area (Å²) in [4.78, 5) is 20.2. The Morgan fingerprint density at radius 2 is 2.21 bits per heavy atom. The number of hydrogen-bond acceptors (Lipinski definition) is 4. The molecule has 0 aliphatic heterocycles. The lowest BCUT2D eigenvalue weighted by Gasteiger charge is -1.98. The maximum absolute atomic E-state index is 11.7. The minimum absolute atomic E-state index is 0.395. The summed E-state index contributed by atoms with van der Waals surface area (Å²) >= 11 is 7.35. The van der Waals surface area contributed by atoms with Crippen LogP contribution in [0.15, 0.2) is 30.3 Å². The fourth-order valence-corrected chi connectivity index (χ4v) is 2.85. The first-order valence-corrected chi connectivity index (χ1v) is 6.71. The molecule has 3 rings (SSSR count). The lowest BCUT2D eigenvalue weighted by molar-refractivity contribution is 0.0603. The average molecular weight is 293 g/mol. The highest BCUT2D eigenvalue weighted by Gasteiger charge is 2.15. The van der Waals surface area contributed by atoms with Crippen LogP contribution in [0.2, 0.25) is 4.34 Å². The molecular weight excluding hydrogens is 284 g/mol. The van der Waals surface area contributed by atoms with Crippen molar-refractivity contribution in [1.29, 1.82) is 0 Å². The minimum atomic E-state index is -0.395. The second-order valence-corrected chi connectivity index (χ2v) is 5.60. The zero-order valence-corrected chi connectivity index (χ0v) is 11.5. The minimum Gasteiger partial charge on any atom is -0.465 e. The number of nitrogens with one attached hydrogen (secondary N) is 1. The molecule has 0 atom stereocenters. The number of ether oxygens (including phenoxy) is 1. The van der Waals surface area contributed by atoms with Crippen LogP contribution >= 0.6 is 22.9 Å². The second-order valence-electron chi connectivity index (χ2n) is 3.88. The molecule has 19 heavy (non-hydrogen) atoms. The van der Waals surface area contributed by atoms with Gasteiger partial charge in [0.05, 0.1) is 27.4 Å². The monoisotopic (exact) mass is 292 g/mol. The molecule has 0 aliphatic carbocycles. The number of carbonyl (C=O) groups is 1. The van der Waals surface area contributed by atoms with Crippen molar-refractivity contribution in [2.24, 2.45) is 0 Å². The van der Waals surface area contributed by atoms with Crippen molar-refractivity contribution in [3.05, 3.63) is 40.2 Å². The molecular formula is C13H9ClN2O2S. The molecule has 96 valence electrons. The van der Waals surface area contributed by atoms with Gasteiger partial charge in [-0.05, 0) is 24.3 Å². The van der Waals surface area contributed by atoms with Crippen molar-refractivity contribution >= 4 is 39.9 Å². The summed E-state index contributed by atoms with van der Waals surface area (Å²) in [6, 6.07) is 9.06. The Kier molecular flexibility index (Phi) is 3.00. The number of methoxy groups -OCH3 is 1. The van der Waals surface area contributed by atoms with Gasteiger partial charge >= 0.3 is 5.97 Å². The van der Waals surface area contributed by atoms with E-state index >= 15 is 0 Å². The van der Waals surface area contributed by atoms with Crippen LogP contribution in [0.5, 0.6) is 0 Å². The average Bonchev–Trinajstić information content (AvgIpc) is 3.02. The van der Waals surface area contributed by atoms with Gasteiger partial charge in [-0.25, -0.2) is 9.78 Å². The zero-order chi connectivity index (χ0) is 13.4. The Bertz CT molecular complexity index is 763. The molecule has 0 spiro atoms. The Morgan fingerprint density at radius 1 is 1.37 bits per heavy atom. The van der Waals surface area contributed by atoms with Gasteiger partial charge in [0.2, 0.25) is 0 Å². The van der Waals surface area contributed by atoms with Crippen molar-refractivity contribution in [1.82, 2.24) is 9.97 Å². The maximum atomic E-state index is 11.7. The normalized spacial score (nSPS) is 10.8. The molecule has 1 aromatic carbocycles. The van der Waals surface area contributed by atoms with Crippen LogP contribution in [0, 0.1) is 0 Å². The fraction of sp³-hybridized carbons (Fsp3) is 0.0769. The summed E-state index contributed by atoms with van der Waals surface area (Å²) in [6.45, 7) is 0. The molecule has 6 heteroatoms. The molecule has 4 nitrogen and oxygen atoms in total. The number of fused-ring (bicyclic) bond motifs is 1. The van der Waals surface area contributed by atoms with E-state index in [0.29, 0.717) is 21.2 Å². The number of nitrogens with zero attached hydrogens (tertiary/aromatic N) is 1. The van der Waals surface area contributed by atoms with E-state index in [2.05, 4.69) is 9.97 Å². The van der Waals surface area contributed by atoms with Gasteiger partial charge in [-0.2, -0.15) is 0 Å². The summed E-state index contributed by atoms with van der Waals surface area (Å²) < 4.78 is 5.45. The number of hydrogen-bond donors (Lipinski definition) is 1. The van der Waals surface area contributed by atoms with E-state index in [1.807, 2.05) is 18.2 Å². The van der Waals surface area contributed by atoms with Crippen molar-refractivity contribution in [2.45, 2.75) is 0 Å². The maximum Gasteiger partial charge on any atom is 0.340 e. The number of esters is 1. The molecule has 0 aliphatic rings. The third kappa shape index (κ3) is 2.11. The highest BCUT2D eigenvalue weighted by atomic mass is 35.5. The Hall–Kier alpha value is -1.85. The largest absolute Gasteiger partial charge is 0.465 e. The molecule has 3 aromatic rings. The molecule has 0 saturated carbocycles. The first kappa shape index (κ1) is 12.2. The van der Waals surface area contributed by atoms with Gasteiger partial charge in [0.25, 0.3) is 0 Å². The third-order valence-corrected chi connectivity index (χ3v) is 3.96. The highest BCUT2D eigenvalue weighted by Crippen LogP contribution is 2.31.